The fraction of sp³-hybridized carbons (Fsp3) is 1.00. The zero-order valence-corrected chi connectivity index (χ0v) is 11.6. The third-order valence-electron chi connectivity index (χ3n) is 3.96. The van der Waals surface area contributed by atoms with E-state index in [1.54, 1.807) is 0 Å². The standard InChI is InChI=1S/C14H28O4/c1-3-5-6-7-8-10(4-2)14-13(17)12(16)11(15)9-18-14/h10-17H,3-9H2,1-2H3/t10?,11-,12+,13-,14+/m1/s1. The van der Waals surface area contributed by atoms with E-state index in [0.717, 1.165) is 19.3 Å². The minimum absolute atomic E-state index is 0.119. The van der Waals surface area contributed by atoms with Crippen LogP contribution in [0.25, 0.3) is 0 Å². The van der Waals surface area contributed by atoms with E-state index in [0.29, 0.717) is 0 Å². The molecule has 0 aromatic heterocycles. The molecule has 1 rings (SSSR count). The second kappa shape index (κ2) is 8.10. The number of hydrogen-bond acceptors (Lipinski definition) is 4. The van der Waals surface area contributed by atoms with Gasteiger partial charge in [-0.3, -0.25) is 0 Å². The molecule has 1 aliphatic rings. The Morgan fingerprint density at radius 3 is 2.39 bits per heavy atom. The lowest BCUT2D eigenvalue weighted by Crippen LogP contribution is -2.55. The van der Waals surface area contributed by atoms with Gasteiger partial charge in [0.2, 0.25) is 0 Å². The Labute approximate surface area is 110 Å². The quantitative estimate of drug-likeness (QED) is 0.606. The van der Waals surface area contributed by atoms with Gasteiger partial charge in [-0.15, -0.1) is 0 Å². The second-order valence-corrected chi connectivity index (χ2v) is 5.36. The first kappa shape index (κ1) is 15.9. The van der Waals surface area contributed by atoms with Gasteiger partial charge >= 0.3 is 0 Å². The van der Waals surface area contributed by atoms with E-state index in [4.69, 9.17) is 4.74 Å². The van der Waals surface area contributed by atoms with Crippen molar-refractivity contribution in [2.45, 2.75) is 76.8 Å². The number of rotatable bonds is 7. The highest BCUT2D eigenvalue weighted by atomic mass is 16.5. The largest absolute Gasteiger partial charge is 0.388 e. The van der Waals surface area contributed by atoms with Crippen LogP contribution >= 0.6 is 0 Å². The molecular weight excluding hydrogens is 232 g/mol. The fourth-order valence-electron chi connectivity index (χ4n) is 2.68. The van der Waals surface area contributed by atoms with Crippen LogP contribution in [0.3, 0.4) is 0 Å². The first-order chi connectivity index (χ1) is 8.61. The van der Waals surface area contributed by atoms with Gasteiger partial charge in [0.25, 0.3) is 0 Å². The molecule has 0 aliphatic carbocycles. The van der Waals surface area contributed by atoms with Gasteiger partial charge in [-0.2, -0.15) is 0 Å². The van der Waals surface area contributed by atoms with Crippen LogP contribution in [0, 0.1) is 5.92 Å². The first-order valence-electron chi connectivity index (χ1n) is 7.27. The van der Waals surface area contributed by atoms with E-state index in [2.05, 4.69) is 13.8 Å². The molecule has 0 saturated carbocycles. The average molecular weight is 260 g/mol. The summed E-state index contributed by atoms with van der Waals surface area (Å²) in [5.74, 6) is 0.263. The highest BCUT2D eigenvalue weighted by Crippen LogP contribution is 2.27. The lowest BCUT2D eigenvalue weighted by atomic mass is 9.85. The molecule has 4 heteroatoms. The molecule has 1 fully saturated rings. The van der Waals surface area contributed by atoms with Crippen LogP contribution in [-0.4, -0.2) is 46.3 Å². The molecule has 0 aromatic rings. The summed E-state index contributed by atoms with van der Waals surface area (Å²) >= 11 is 0. The maximum Gasteiger partial charge on any atom is 0.111 e. The van der Waals surface area contributed by atoms with Crippen molar-refractivity contribution < 1.29 is 20.1 Å². The normalized spacial score (nSPS) is 34.5. The summed E-state index contributed by atoms with van der Waals surface area (Å²) in [7, 11) is 0. The molecule has 0 aromatic carbocycles. The number of unbranched alkanes of at least 4 members (excludes halogenated alkanes) is 3. The topological polar surface area (TPSA) is 69.9 Å². The van der Waals surface area contributed by atoms with Gasteiger partial charge in [-0.05, 0) is 12.3 Å². The molecule has 4 nitrogen and oxygen atoms in total. The van der Waals surface area contributed by atoms with Gasteiger partial charge < -0.3 is 20.1 Å². The average Bonchev–Trinajstić information content (AvgIpc) is 2.38. The summed E-state index contributed by atoms with van der Waals surface area (Å²) in [4.78, 5) is 0. The van der Waals surface area contributed by atoms with E-state index >= 15 is 0 Å². The van der Waals surface area contributed by atoms with Crippen LogP contribution in [-0.2, 0) is 4.74 Å². The summed E-state index contributed by atoms with van der Waals surface area (Å²) in [5.41, 5.74) is 0. The van der Waals surface area contributed by atoms with E-state index in [9.17, 15) is 15.3 Å². The van der Waals surface area contributed by atoms with Crippen LogP contribution < -0.4 is 0 Å². The predicted molar refractivity (Wildman–Crippen MR) is 70.3 cm³/mol. The van der Waals surface area contributed by atoms with E-state index in [-0.39, 0.29) is 18.6 Å². The van der Waals surface area contributed by atoms with Crippen molar-refractivity contribution in [1.82, 2.24) is 0 Å². The van der Waals surface area contributed by atoms with Crippen molar-refractivity contribution >= 4 is 0 Å². The van der Waals surface area contributed by atoms with Crippen LogP contribution in [0.5, 0.6) is 0 Å². The molecular formula is C14H28O4. The third-order valence-corrected chi connectivity index (χ3v) is 3.96. The van der Waals surface area contributed by atoms with Gasteiger partial charge in [0, 0.05) is 0 Å². The Morgan fingerprint density at radius 2 is 1.78 bits per heavy atom. The Bertz CT molecular complexity index is 222. The highest BCUT2D eigenvalue weighted by Gasteiger charge is 2.40. The summed E-state index contributed by atoms with van der Waals surface area (Å²) in [6.45, 7) is 4.38. The van der Waals surface area contributed by atoms with Crippen LogP contribution in [0.2, 0.25) is 0 Å². The number of ether oxygens (including phenoxy) is 1. The van der Waals surface area contributed by atoms with E-state index < -0.39 is 18.3 Å². The summed E-state index contributed by atoms with van der Waals surface area (Å²) < 4.78 is 5.52. The SMILES string of the molecule is CCCCCCC(CC)[C@@H]1OC[C@@H](O)[C@H](O)[C@H]1O. The molecule has 5 atom stereocenters. The highest BCUT2D eigenvalue weighted by molar-refractivity contribution is 4.89. The van der Waals surface area contributed by atoms with Gasteiger partial charge in [-0.25, -0.2) is 0 Å². The number of aliphatic hydroxyl groups excluding tert-OH is 3. The van der Waals surface area contributed by atoms with Crippen molar-refractivity contribution in [3.05, 3.63) is 0 Å². The lowest BCUT2D eigenvalue weighted by molar-refractivity contribution is -0.201. The summed E-state index contributed by atoms with van der Waals surface area (Å²) in [6, 6.07) is 0. The molecule has 18 heavy (non-hydrogen) atoms. The number of hydrogen-bond donors (Lipinski definition) is 3. The van der Waals surface area contributed by atoms with Crippen molar-refractivity contribution in [1.29, 1.82) is 0 Å². The van der Waals surface area contributed by atoms with Crippen LogP contribution in [0.1, 0.15) is 52.4 Å². The molecule has 1 aliphatic heterocycles. The molecule has 0 spiro atoms. The molecule has 0 amide bonds. The van der Waals surface area contributed by atoms with Gasteiger partial charge in [0.15, 0.2) is 0 Å². The molecule has 0 radical (unpaired) electrons. The molecule has 1 saturated heterocycles. The molecule has 1 heterocycles. The summed E-state index contributed by atoms with van der Waals surface area (Å²) in [6.07, 6.45) is 3.40. The zero-order valence-electron chi connectivity index (χ0n) is 11.6. The van der Waals surface area contributed by atoms with Gasteiger partial charge in [0.05, 0.1) is 12.7 Å². The van der Waals surface area contributed by atoms with Crippen molar-refractivity contribution in [2.24, 2.45) is 5.92 Å². The molecule has 1 unspecified atom stereocenters. The Kier molecular flexibility index (Phi) is 7.15. The predicted octanol–water partition coefficient (Wildman–Crippen LogP) is 1.46. The second-order valence-electron chi connectivity index (χ2n) is 5.36. The lowest BCUT2D eigenvalue weighted by Gasteiger charge is -2.39. The maximum atomic E-state index is 9.98. The van der Waals surface area contributed by atoms with Crippen molar-refractivity contribution in [3.8, 4) is 0 Å². The minimum atomic E-state index is -1.08. The van der Waals surface area contributed by atoms with E-state index in [1.807, 2.05) is 0 Å². The Hall–Kier alpha value is -0.160. The third kappa shape index (κ3) is 4.19. The van der Waals surface area contributed by atoms with Crippen molar-refractivity contribution in [3.63, 3.8) is 0 Å². The fourth-order valence-corrected chi connectivity index (χ4v) is 2.68. The smallest absolute Gasteiger partial charge is 0.111 e. The minimum Gasteiger partial charge on any atom is -0.388 e. The molecule has 108 valence electrons. The molecule has 3 N–H and O–H groups in total. The van der Waals surface area contributed by atoms with Crippen LogP contribution in [0.15, 0.2) is 0 Å². The van der Waals surface area contributed by atoms with Gasteiger partial charge in [-0.1, -0.05) is 46.0 Å². The Balaban J connectivity index is 2.43. The monoisotopic (exact) mass is 260 g/mol. The van der Waals surface area contributed by atoms with Crippen LogP contribution in [0.4, 0.5) is 0 Å². The summed E-state index contributed by atoms with van der Waals surface area (Å²) in [5, 5.41) is 29.1. The zero-order chi connectivity index (χ0) is 13.5. The first-order valence-corrected chi connectivity index (χ1v) is 7.27. The number of aliphatic hydroxyl groups is 3. The molecule has 0 bridgehead atoms. The maximum absolute atomic E-state index is 9.98. The van der Waals surface area contributed by atoms with Gasteiger partial charge in [0.1, 0.15) is 18.3 Å². The Morgan fingerprint density at radius 1 is 1.06 bits per heavy atom. The van der Waals surface area contributed by atoms with Crippen molar-refractivity contribution in [2.75, 3.05) is 6.61 Å². The van der Waals surface area contributed by atoms with E-state index in [1.165, 1.54) is 19.3 Å².